The van der Waals surface area contributed by atoms with Crippen LogP contribution in [0.4, 0.5) is 4.79 Å². The minimum atomic E-state index is -0.693. The fourth-order valence-corrected chi connectivity index (χ4v) is 4.06. The lowest BCUT2D eigenvalue weighted by Crippen LogP contribution is -2.57. The van der Waals surface area contributed by atoms with Crippen LogP contribution in [0.25, 0.3) is 6.08 Å². The van der Waals surface area contributed by atoms with Crippen molar-refractivity contribution < 1.29 is 23.9 Å². The van der Waals surface area contributed by atoms with Gasteiger partial charge < -0.3 is 9.47 Å². The molecule has 2 aliphatic rings. The Morgan fingerprint density at radius 2 is 1.89 bits per heavy atom. The van der Waals surface area contributed by atoms with Crippen LogP contribution >= 0.6 is 15.9 Å². The summed E-state index contributed by atoms with van der Waals surface area (Å²) in [5, 5.41) is 2.28. The highest BCUT2D eigenvalue weighted by Gasteiger charge is 2.40. The van der Waals surface area contributed by atoms with Crippen molar-refractivity contribution in [2.24, 2.45) is 0 Å². The molecule has 0 aromatic heterocycles. The maximum absolute atomic E-state index is 12.9. The number of ether oxygens (including phenoxy) is 2. The first-order valence-corrected chi connectivity index (χ1v) is 10.1. The molecule has 1 aromatic carbocycles. The Balaban J connectivity index is 1.96. The zero-order chi connectivity index (χ0) is 20.4. The summed E-state index contributed by atoms with van der Waals surface area (Å²) in [5.74, 6) is -0.232. The number of rotatable bonds is 5. The van der Waals surface area contributed by atoms with Crippen molar-refractivity contribution in [3.63, 3.8) is 0 Å². The van der Waals surface area contributed by atoms with Crippen molar-refractivity contribution >= 4 is 39.9 Å². The van der Waals surface area contributed by atoms with Gasteiger partial charge >= 0.3 is 6.03 Å². The van der Waals surface area contributed by atoms with Crippen LogP contribution in [0.2, 0.25) is 0 Å². The van der Waals surface area contributed by atoms with Crippen molar-refractivity contribution in [1.29, 1.82) is 0 Å². The van der Waals surface area contributed by atoms with Gasteiger partial charge in [-0.15, -0.1) is 0 Å². The number of hydrogen-bond donors (Lipinski definition) is 1. The Morgan fingerprint density at radius 3 is 2.50 bits per heavy atom. The SMILES string of the molecule is COc1cc(/C=C2\C(=O)NC(=O)N(C3CCCC3)C2=O)cc(Br)c1OC(C)C. The van der Waals surface area contributed by atoms with Crippen molar-refractivity contribution in [2.45, 2.75) is 51.7 Å². The van der Waals surface area contributed by atoms with Crippen LogP contribution in [-0.4, -0.2) is 42.0 Å². The quantitative estimate of drug-likeness (QED) is 0.546. The number of carbonyl (C=O) groups excluding carboxylic acids is 3. The number of halogens is 1. The maximum Gasteiger partial charge on any atom is 0.331 e. The lowest BCUT2D eigenvalue weighted by molar-refractivity contribution is -0.131. The highest BCUT2D eigenvalue weighted by Crippen LogP contribution is 2.38. The first kappa shape index (κ1) is 20.4. The first-order chi connectivity index (χ1) is 13.3. The van der Waals surface area contributed by atoms with E-state index in [0.29, 0.717) is 21.5 Å². The molecule has 1 heterocycles. The molecule has 8 heteroatoms. The molecular formula is C20H23BrN2O5. The zero-order valence-corrected chi connectivity index (χ0v) is 17.7. The standard InChI is InChI=1S/C20H23BrN2O5/c1-11(2)28-17-15(21)9-12(10-16(17)27-3)8-14-18(24)22-20(26)23(19(14)25)13-6-4-5-7-13/h8-11,13H,4-7H2,1-3H3,(H,22,24,26)/b14-8+. The number of amides is 4. The summed E-state index contributed by atoms with van der Waals surface area (Å²) in [6, 6.07) is 2.63. The molecule has 150 valence electrons. The molecule has 3 rings (SSSR count). The van der Waals surface area contributed by atoms with Gasteiger partial charge in [-0.1, -0.05) is 12.8 Å². The van der Waals surface area contributed by atoms with Gasteiger partial charge in [0.15, 0.2) is 11.5 Å². The molecule has 1 aliphatic heterocycles. The lowest BCUT2D eigenvalue weighted by atomic mass is 10.0. The molecule has 2 fully saturated rings. The largest absolute Gasteiger partial charge is 0.493 e. The highest BCUT2D eigenvalue weighted by molar-refractivity contribution is 9.10. The fourth-order valence-electron chi connectivity index (χ4n) is 3.51. The maximum atomic E-state index is 12.9. The van der Waals surface area contributed by atoms with Crippen LogP contribution in [-0.2, 0) is 9.59 Å². The molecule has 7 nitrogen and oxygen atoms in total. The Morgan fingerprint density at radius 1 is 1.21 bits per heavy atom. The van der Waals surface area contributed by atoms with Gasteiger partial charge in [0.1, 0.15) is 5.57 Å². The molecule has 1 aromatic rings. The number of hydrogen-bond acceptors (Lipinski definition) is 5. The number of benzene rings is 1. The van der Waals surface area contributed by atoms with Gasteiger partial charge in [0, 0.05) is 6.04 Å². The molecule has 1 aliphatic carbocycles. The van der Waals surface area contributed by atoms with E-state index in [1.165, 1.54) is 18.1 Å². The second-order valence-corrected chi connectivity index (χ2v) is 7.99. The van der Waals surface area contributed by atoms with Gasteiger partial charge in [0.2, 0.25) is 0 Å². The number of nitrogens with zero attached hydrogens (tertiary/aromatic N) is 1. The van der Waals surface area contributed by atoms with Gasteiger partial charge in [-0.2, -0.15) is 0 Å². The first-order valence-electron chi connectivity index (χ1n) is 9.26. The smallest absolute Gasteiger partial charge is 0.331 e. The topological polar surface area (TPSA) is 84.9 Å². The summed E-state index contributed by atoms with van der Waals surface area (Å²) in [6.45, 7) is 3.81. The van der Waals surface area contributed by atoms with Gasteiger partial charge in [-0.25, -0.2) is 4.79 Å². The van der Waals surface area contributed by atoms with Crippen LogP contribution in [0, 0.1) is 0 Å². The summed E-state index contributed by atoms with van der Waals surface area (Å²) >= 11 is 3.45. The van der Waals surface area contributed by atoms with Crippen molar-refractivity contribution in [3.05, 3.63) is 27.7 Å². The monoisotopic (exact) mass is 450 g/mol. The number of imide groups is 2. The van der Waals surface area contributed by atoms with E-state index < -0.39 is 17.8 Å². The lowest BCUT2D eigenvalue weighted by Gasteiger charge is -2.31. The van der Waals surface area contributed by atoms with Gasteiger partial charge in [-0.3, -0.25) is 19.8 Å². The molecule has 1 N–H and O–H groups in total. The van der Waals surface area contributed by atoms with Gasteiger partial charge in [-0.05, 0) is 66.4 Å². The molecule has 0 atom stereocenters. The van der Waals surface area contributed by atoms with E-state index >= 15 is 0 Å². The van der Waals surface area contributed by atoms with Crippen LogP contribution in [0.5, 0.6) is 11.5 Å². The van der Waals surface area contributed by atoms with Crippen molar-refractivity contribution in [1.82, 2.24) is 10.2 Å². The zero-order valence-electron chi connectivity index (χ0n) is 16.1. The number of urea groups is 1. The minimum absolute atomic E-state index is 0.0499. The van der Waals surface area contributed by atoms with Crippen LogP contribution in [0.3, 0.4) is 0 Å². The Kier molecular flexibility index (Phi) is 6.07. The number of nitrogens with one attached hydrogen (secondary N) is 1. The summed E-state index contributed by atoms with van der Waals surface area (Å²) in [7, 11) is 1.52. The second kappa shape index (κ2) is 8.34. The molecule has 0 unspecified atom stereocenters. The third-order valence-electron chi connectivity index (χ3n) is 4.74. The average molecular weight is 451 g/mol. The second-order valence-electron chi connectivity index (χ2n) is 7.13. The molecular weight excluding hydrogens is 428 g/mol. The van der Waals surface area contributed by atoms with Gasteiger partial charge in [0.25, 0.3) is 11.8 Å². The van der Waals surface area contributed by atoms with E-state index in [9.17, 15) is 14.4 Å². The Bertz CT molecular complexity index is 843. The van der Waals surface area contributed by atoms with Gasteiger partial charge in [0.05, 0.1) is 17.7 Å². The third kappa shape index (κ3) is 4.06. The molecule has 28 heavy (non-hydrogen) atoms. The third-order valence-corrected chi connectivity index (χ3v) is 5.33. The highest BCUT2D eigenvalue weighted by atomic mass is 79.9. The van der Waals surface area contributed by atoms with E-state index in [1.807, 2.05) is 13.8 Å². The van der Waals surface area contributed by atoms with Crippen molar-refractivity contribution in [3.8, 4) is 11.5 Å². The van der Waals surface area contributed by atoms with E-state index in [2.05, 4.69) is 21.2 Å². The normalized spacial score (nSPS) is 19.5. The van der Waals surface area contributed by atoms with Crippen LogP contribution in [0.1, 0.15) is 45.1 Å². The van der Waals surface area contributed by atoms with Crippen LogP contribution < -0.4 is 14.8 Å². The predicted molar refractivity (Wildman–Crippen MR) is 107 cm³/mol. The molecule has 1 saturated heterocycles. The fraction of sp³-hybridized carbons (Fsp3) is 0.450. The predicted octanol–water partition coefficient (Wildman–Crippen LogP) is 3.65. The summed E-state index contributed by atoms with van der Waals surface area (Å²) in [4.78, 5) is 38.6. The molecule has 0 bridgehead atoms. The molecule has 0 radical (unpaired) electrons. The van der Waals surface area contributed by atoms with E-state index in [0.717, 1.165) is 25.7 Å². The Labute approximate surface area is 172 Å². The Hall–Kier alpha value is -2.35. The number of methoxy groups -OCH3 is 1. The van der Waals surface area contributed by atoms with E-state index in [1.54, 1.807) is 12.1 Å². The summed E-state index contributed by atoms with van der Waals surface area (Å²) < 4.78 is 11.8. The van der Waals surface area contributed by atoms with E-state index in [4.69, 9.17) is 9.47 Å². The number of carbonyl (C=O) groups is 3. The minimum Gasteiger partial charge on any atom is -0.493 e. The summed E-state index contributed by atoms with van der Waals surface area (Å²) in [5.41, 5.74) is 0.511. The van der Waals surface area contributed by atoms with Crippen LogP contribution in [0.15, 0.2) is 22.2 Å². The van der Waals surface area contributed by atoms with Crippen molar-refractivity contribution in [2.75, 3.05) is 7.11 Å². The summed E-state index contributed by atoms with van der Waals surface area (Å²) in [6.07, 6.45) is 4.89. The molecule has 4 amide bonds. The molecule has 1 saturated carbocycles. The average Bonchev–Trinajstić information content (AvgIpc) is 3.14. The van der Waals surface area contributed by atoms with E-state index in [-0.39, 0.29) is 17.7 Å². The molecule has 0 spiro atoms. The number of barbiturate groups is 1.